The summed E-state index contributed by atoms with van der Waals surface area (Å²) in [5.41, 5.74) is 1.11. The first-order chi connectivity index (χ1) is 6.68. The molecule has 2 amide bonds. The molecule has 2 rings (SSSR count). The number of nitrogens with zero attached hydrogens (tertiary/aromatic N) is 1. The number of hydrogen-bond donors (Lipinski definition) is 1. The first-order valence-corrected chi connectivity index (χ1v) is 4.43. The van der Waals surface area contributed by atoms with Crippen molar-refractivity contribution in [2.24, 2.45) is 0 Å². The fraction of sp³-hybridized carbons (Fsp3) is 0.300. The van der Waals surface area contributed by atoms with Crippen molar-refractivity contribution in [2.75, 3.05) is 18.9 Å². The van der Waals surface area contributed by atoms with Crippen LogP contribution in [0.2, 0.25) is 0 Å². The summed E-state index contributed by atoms with van der Waals surface area (Å²) in [6.45, 7) is 0.100. The molecular formula is C10H11FN2O. The summed E-state index contributed by atoms with van der Waals surface area (Å²) in [6, 6.07) is 6.68. The molecule has 1 unspecified atom stereocenters. The minimum Gasteiger partial charge on any atom is -0.324 e. The summed E-state index contributed by atoms with van der Waals surface area (Å²) in [6.07, 6.45) is -1.12. The number of rotatable bonds is 0. The molecule has 1 aromatic carbocycles. The second kappa shape index (κ2) is 3.29. The van der Waals surface area contributed by atoms with Gasteiger partial charge in [0.25, 0.3) is 0 Å². The number of para-hydroxylation sites is 1. The van der Waals surface area contributed by atoms with Gasteiger partial charge in [0.05, 0.1) is 6.54 Å². The number of carbonyl (C=O) groups excluding carboxylic acids is 1. The van der Waals surface area contributed by atoms with Gasteiger partial charge in [-0.15, -0.1) is 0 Å². The number of halogens is 1. The number of benzene rings is 1. The zero-order valence-corrected chi connectivity index (χ0v) is 7.83. The van der Waals surface area contributed by atoms with E-state index in [1.165, 1.54) is 4.90 Å². The summed E-state index contributed by atoms with van der Waals surface area (Å²) >= 11 is 0. The molecule has 74 valence electrons. The number of amides is 2. The molecule has 0 saturated carbocycles. The van der Waals surface area contributed by atoms with Crippen LogP contribution < -0.4 is 5.32 Å². The van der Waals surface area contributed by atoms with E-state index in [9.17, 15) is 9.18 Å². The molecule has 1 N–H and O–H groups in total. The van der Waals surface area contributed by atoms with E-state index in [2.05, 4.69) is 5.32 Å². The van der Waals surface area contributed by atoms with Crippen LogP contribution in [0.3, 0.4) is 0 Å². The van der Waals surface area contributed by atoms with E-state index < -0.39 is 6.17 Å². The molecule has 0 spiro atoms. The first kappa shape index (κ1) is 8.99. The third-order valence-corrected chi connectivity index (χ3v) is 2.32. The maximum absolute atomic E-state index is 13.6. The average Bonchev–Trinajstić information content (AvgIpc) is 2.27. The Morgan fingerprint density at radius 1 is 1.50 bits per heavy atom. The van der Waals surface area contributed by atoms with Gasteiger partial charge in [-0.05, 0) is 6.07 Å². The van der Waals surface area contributed by atoms with Gasteiger partial charge >= 0.3 is 6.03 Å². The van der Waals surface area contributed by atoms with Gasteiger partial charge in [-0.3, -0.25) is 0 Å². The Morgan fingerprint density at radius 2 is 2.21 bits per heavy atom. The van der Waals surface area contributed by atoms with Crippen molar-refractivity contribution in [1.29, 1.82) is 0 Å². The largest absolute Gasteiger partial charge is 0.324 e. The van der Waals surface area contributed by atoms with E-state index in [0.717, 1.165) is 0 Å². The number of fused-ring (bicyclic) bond motifs is 1. The molecule has 0 saturated heterocycles. The van der Waals surface area contributed by atoms with Gasteiger partial charge < -0.3 is 10.2 Å². The van der Waals surface area contributed by atoms with Crippen molar-refractivity contribution in [2.45, 2.75) is 6.17 Å². The molecule has 0 fully saturated rings. The lowest BCUT2D eigenvalue weighted by atomic mass is 10.1. The molecule has 1 aliphatic heterocycles. The summed E-state index contributed by atoms with van der Waals surface area (Å²) in [7, 11) is 1.58. The van der Waals surface area contributed by atoms with E-state index in [1.54, 1.807) is 31.3 Å². The number of likely N-dealkylation sites (N-methyl/N-ethyl adjacent to an activating group) is 1. The number of carbonyl (C=O) groups is 1. The quantitative estimate of drug-likeness (QED) is 0.674. The van der Waals surface area contributed by atoms with Crippen LogP contribution in [-0.2, 0) is 0 Å². The van der Waals surface area contributed by atoms with Gasteiger partial charge in [-0.2, -0.15) is 0 Å². The second-order valence-corrected chi connectivity index (χ2v) is 3.37. The van der Waals surface area contributed by atoms with Crippen LogP contribution in [0.15, 0.2) is 24.3 Å². The Bertz CT molecular complexity index is 367. The predicted octanol–water partition coefficient (Wildman–Crippen LogP) is 2.17. The monoisotopic (exact) mass is 194 g/mol. The van der Waals surface area contributed by atoms with Crippen LogP contribution in [-0.4, -0.2) is 24.5 Å². The number of hydrogen-bond acceptors (Lipinski definition) is 1. The van der Waals surface area contributed by atoms with Crippen LogP contribution in [0.25, 0.3) is 0 Å². The van der Waals surface area contributed by atoms with Crippen LogP contribution >= 0.6 is 0 Å². The molecule has 0 aliphatic carbocycles. The van der Waals surface area contributed by atoms with Gasteiger partial charge in [0.2, 0.25) is 0 Å². The summed E-state index contributed by atoms with van der Waals surface area (Å²) in [4.78, 5) is 12.7. The highest BCUT2D eigenvalue weighted by molar-refractivity contribution is 5.91. The first-order valence-electron chi connectivity index (χ1n) is 4.43. The lowest BCUT2D eigenvalue weighted by molar-refractivity contribution is 0.204. The summed E-state index contributed by atoms with van der Waals surface area (Å²) in [5, 5.41) is 2.65. The van der Waals surface area contributed by atoms with E-state index >= 15 is 0 Å². The van der Waals surface area contributed by atoms with Gasteiger partial charge in [-0.1, -0.05) is 18.2 Å². The minimum atomic E-state index is -1.12. The molecule has 1 atom stereocenters. The number of urea groups is 1. The van der Waals surface area contributed by atoms with Gasteiger partial charge in [-0.25, -0.2) is 9.18 Å². The summed E-state index contributed by atoms with van der Waals surface area (Å²) in [5.74, 6) is 0. The van der Waals surface area contributed by atoms with Crippen molar-refractivity contribution in [3.8, 4) is 0 Å². The SMILES string of the molecule is CN1CC(F)c2ccccc2NC1=O. The van der Waals surface area contributed by atoms with Gasteiger partial charge in [0.1, 0.15) is 6.17 Å². The molecule has 1 heterocycles. The Morgan fingerprint density at radius 3 is 3.00 bits per heavy atom. The Hall–Kier alpha value is -1.58. The smallest absolute Gasteiger partial charge is 0.321 e. The third kappa shape index (κ3) is 1.43. The fourth-order valence-electron chi connectivity index (χ4n) is 1.52. The second-order valence-electron chi connectivity index (χ2n) is 3.37. The number of alkyl halides is 1. The Labute approximate surface area is 81.5 Å². The molecule has 14 heavy (non-hydrogen) atoms. The maximum atomic E-state index is 13.6. The molecule has 1 aliphatic rings. The summed E-state index contributed by atoms with van der Waals surface area (Å²) < 4.78 is 13.6. The van der Waals surface area contributed by atoms with Crippen molar-refractivity contribution in [1.82, 2.24) is 4.90 Å². The van der Waals surface area contributed by atoms with E-state index in [0.29, 0.717) is 11.3 Å². The minimum absolute atomic E-state index is 0.100. The predicted molar refractivity (Wildman–Crippen MR) is 51.9 cm³/mol. The molecule has 0 bridgehead atoms. The van der Waals surface area contributed by atoms with Crippen LogP contribution in [0, 0.1) is 0 Å². The molecule has 4 heteroatoms. The Balaban J connectivity index is 2.43. The van der Waals surface area contributed by atoms with Gasteiger partial charge in [0.15, 0.2) is 0 Å². The fourth-order valence-corrected chi connectivity index (χ4v) is 1.52. The van der Waals surface area contributed by atoms with Crippen LogP contribution in [0.5, 0.6) is 0 Å². The topological polar surface area (TPSA) is 32.3 Å². The van der Waals surface area contributed by atoms with E-state index in [4.69, 9.17) is 0 Å². The molecule has 3 nitrogen and oxygen atoms in total. The average molecular weight is 194 g/mol. The number of anilines is 1. The van der Waals surface area contributed by atoms with Crippen molar-refractivity contribution < 1.29 is 9.18 Å². The molecular weight excluding hydrogens is 183 g/mol. The van der Waals surface area contributed by atoms with Crippen molar-refractivity contribution >= 4 is 11.7 Å². The highest BCUT2D eigenvalue weighted by Gasteiger charge is 2.23. The lowest BCUT2D eigenvalue weighted by Gasteiger charge is -2.14. The van der Waals surface area contributed by atoms with Crippen molar-refractivity contribution in [3.63, 3.8) is 0 Å². The molecule has 0 radical (unpaired) electrons. The standard InChI is InChI=1S/C10H11FN2O/c1-13-6-8(11)7-4-2-3-5-9(7)12-10(13)14/h2-5,8H,6H2,1H3,(H,12,14). The normalized spacial score (nSPS) is 21.1. The van der Waals surface area contributed by atoms with Crippen LogP contribution in [0.1, 0.15) is 11.7 Å². The van der Waals surface area contributed by atoms with E-state index in [-0.39, 0.29) is 12.6 Å². The third-order valence-electron chi connectivity index (χ3n) is 2.32. The molecule has 0 aromatic heterocycles. The molecule has 1 aromatic rings. The van der Waals surface area contributed by atoms with E-state index in [1.807, 2.05) is 0 Å². The number of nitrogens with one attached hydrogen (secondary N) is 1. The maximum Gasteiger partial charge on any atom is 0.321 e. The van der Waals surface area contributed by atoms with Crippen LogP contribution in [0.4, 0.5) is 14.9 Å². The highest BCUT2D eigenvalue weighted by atomic mass is 19.1. The lowest BCUT2D eigenvalue weighted by Crippen LogP contribution is -2.31. The van der Waals surface area contributed by atoms with Crippen molar-refractivity contribution in [3.05, 3.63) is 29.8 Å². The zero-order chi connectivity index (χ0) is 10.1. The highest BCUT2D eigenvalue weighted by Crippen LogP contribution is 2.28. The zero-order valence-electron chi connectivity index (χ0n) is 7.83. The van der Waals surface area contributed by atoms with Gasteiger partial charge in [0, 0.05) is 18.3 Å². The Kier molecular flexibility index (Phi) is 2.11.